The maximum atomic E-state index is 13.2. The van der Waals surface area contributed by atoms with Crippen molar-refractivity contribution in [3.05, 3.63) is 95.3 Å². The number of hydrogen-bond acceptors (Lipinski definition) is 10. The van der Waals surface area contributed by atoms with Crippen LogP contribution in [-0.2, 0) is 12.8 Å². The molecule has 0 bridgehead atoms. The first-order valence-corrected chi connectivity index (χ1v) is 13.7. The highest BCUT2D eigenvalue weighted by atomic mass is 19.1. The number of aromatic nitrogens is 4. The molecule has 1 saturated carbocycles. The number of carbonyl (C=O) groups excluding carboxylic acids is 2. The van der Waals surface area contributed by atoms with Gasteiger partial charge in [0.15, 0.2) is 0 Å². The second kappa shape index (κ2) is 12.0. The SMILES string of the molecule is CNC(=O)c1cc(-c2cccc(C[C@@H](O)c3nnc(CC4CC(NC(=O)c5cc(-c6ccc(F)cc6)no5)C4)o3)c2)no1. The Labute approximate surface area is 244 Å². The molecule has 0 aliphatic heterocycles. The normalized spacial score (nSPS) is 16.8. The van der Waals surface area contributed by atoms with Crippen molar-refractivity contribution in [1.29, 1.82) is 0 Å². The van der Waals surface area contributed by atoms with Gasteiger partial charge in [-0.25, -0.2) is 4.39 Å². The van der Waals surface area contributed by atoms with Crippen molar-refractivity contribution in [2.45, 2.75) is 37.8 Å². The highest BCUT2D eigenvalue weighted by Crippen LogP contribution is 2.31. The number of nitrogens with one attached hydrogen (secondary N) is 2. The van der Waals surface area contributed by atoms with Crippen LogP contribution in [0.4, 0.5) is 4.39 Å². The molecule has 12 nitrogen and oxygen atoms in total. The van der Waals surface area contributed by atoms with Crippen LogP contribution in [0.3, 0.4) is 0 Å². The van der Waals surface area contributed by atoms with E-state index in [1.54, 1.807) is 18.2 Å². The lowest BCUT2D eigenvalue weighted by molar-refractivity contribution is 0.0847. The summed E-state index contributed by atoms with van der Waals surface area (Å²) in [5.74, 6) is -0.137. The molecule has 1 fully saturated rings. The standard InChI is InChI=1S/C30H27FN6O6/c1-32-28(39)25-15-23(37-42-25)19-4-2-3-16(9-19)12-24(38)30-35-34-27(41-30)13-17-10-21(11-17)33-29(40)26-14-22(36-43-26)18-5-7-20(31)8-6-18/h2-9,14-15,17,21,24,38H,10-13H2,1H3,(H,32,39)(H,33,40)/t17?,21?,24-/m1/s1. The summed E-state index contributed by atoms with van der Waals surface area (Å²) in [6, 6.07) is 16.2. The van der Waals surface area contributed by atoms with E-state index in [0.717, 1.165) is 24.0 Å². The Bertz CT molecular complexity index is 1740. The smallest absolute Gasteiger partial charge is 0.290 e. The number of carbonyl (C=O) groups is 2. The Morgan fingerprint density at radius 2 is 1.65 bits per heavy atom. The number of benzene rings is 2. The molecule has 1 aliphatic carbocycles. The summed E-state index contributed by atoms with van der Waals surface area (Å²) in [6.45, 7) is 0. The van der Waals surface area contributed by atoms with E-state index < -0.39 is 6.10 Å². The zero-order valence-electron chi connectivity index (χ0n) is 23.0. The predicted octanol–water partition coefficient (Wildman–Crippen LogP) is 3.91. The lowest BCUT2D eigenvalue weighted by atomic mass is 9.78. The Balaban J connectivity index is 0.980. The summed E-state index contributed by atoms with van der Waals surface area (Å²) in [5, 5.41) is 32.1. The molecule has 13 heteroatoms. The molecule has 5 aromatic rings. The highest BCUT2D eigenvalue weighted by Gasteiger charge is 2.33. The molecular weight excluding hydrogens is 559 g/mol. The van der Waals surface area contributed by atoms with Crippen molar-refractivity contribution in [2.75, 3.05) is 7.05 Å². The van der Waals surface area contributed by atoms with E-state index in [9.17, 15) is 19.1 Å². The summed E-state index contributed by atoms with van der Waals surface area (Å²) in [4.78, 5) is 24.3. The number of aliphatic hydroxyl groups excluding tert-OH is 1. The van der Waals surface area contributed by atoms with Gasteiger partial charge < -0.3 is 29.2 Å². The third kappa shape index (κ3) is 6.36. The second-order valence-electron chi connectivity index (χ2n) is 10.4. The van der Waals surface area contributed by atoms with E-state index in [1.807, 2.05) is 24.3 Å². The second-order valence-corrected chi connectivity index (χ2v) is 10.4. The minimum atomic E-state index is -1.01. The van der Waals surface area contributed by atoms with Gasteiger partial charge in [-0.2, -0.15) is 0 Å². The van der Waals surface area contributed by atoms with E-state index in [1.165, 1.54) is 25.2 Å². The average molecular weight is 587 g/mol. The van der Waals surface area contributed by atoms with Crippen LogP contribution in [0.25, 0.3) is 22.5 Å². The molecule has 0 spiro atoms. The molecule has 0 saturated heterocycles. The molecule has 3 heterocycles. The third-order valence-electron chi connectivity index (χ3n) is 7.29. The quantitative estimate of drug-likeness (QED) is 0.218. The van der Waals surface area contributed by atoms with Gasteiger partial charge in [0.25, 0.3) is 11.8 Å². The fraction of sp³-hybridized carbons (Fsp3) is 0.267. The zero-order valence-corrected chi connectivity index (χ0v) is 23.0. The van der Waals surface area contributed by atoms with Crippen LogP contribution in [0.1, 0.15) is 57.4 Å². The van der Waals surface area contributed by atoms with Gasteiger partial charge in [0.2, 0.25) is 23.3 Å². The minimum Gasteiger partial charge on any atom is -0.422 e. The van der Waals surface area contributed by atoms with Crippen LogP contribution in [0.2, 0.25) is 0 Å². The predicted molar refractivity (Wildman–Crippen MR) is 148 cm³/mol. The van der Waals surface area contributed by atoms with Gasteiger partial charge in [0.05, 0.1) is 0 Å². The van der Waals surface area contributed by atoms with E-state index in [4.69, 9.17) is 13.5 Å². The first kappa shape index (κ1) is 28.0. The van der Waals surface area contributed by atoms with Crippen molar-refractivity contribution in [2.24, 2.45) is 5.92 Å². The summed E-state index contributed by atoms with van der Waals surface area (Å²) < 4.78 is 29.2. The number of nitrogens with zero attached hydrogens (tertiary/aromatic N) is 4. The number of halogens is 1. The van der Waals surface area contributed by atoms with Crippen LogP contribution in [-0.4, -0.2) is 50.5 Å². The monoisotopic (exact) mass is 586 g/mol. The zero-order chi connectivity index (χ0) is 29.9. The molecule has 2 amide bonds. The molecule has 2 aromatic carbocycles. The van der Waals surface area contributed by atoms with Crippen LogP contribution in [0.15, 0.2) is 74.1 Å². The molecule has 0 unspecified atom stereocenters. The lowest BCUT2D eigenvalue weighted by Gasteiger charge is -2.34. The van der Waals surface area contributed by atoms with Gasteiger partial charge in [-0.3, -0.25) is 9.59 Å². The van der Waals surface area contributed by atoms with Crippen molar-refractivity contribution in [3.8, 4) is 22.5 Å². The fourth-order valence-electron chi connectivity index (χ4n) is 4.96. The molecule has 1 aliphatic rings. The summed E-state index contributed by atoms with van der Waals surface area (Å²) in [5.41, 5.74) is 3.14. The van der Waals surface area contributed by atoms with Crippen molar-refractivity contribution < 1.29 is 32.5 Å². The first-order chi connectivity index (χ1) is 20.8. The minimum absolute atomic E-state index is 0.0331. The first-order valence-electron chi connectivity index (χ1n) is 13.7. The van der Waals surface area contributed by atoms with Crippen LogP contribution < -0.4 is 10.6 Å². The van der Waals surface area contributed by atoms with Gasteiger partial charge in [0.1, 0.15) is 23.3 Å². The highest BCUT2D eigenvalue weighted by molar-refractivity contribution is 5.93. The van der Waals surface area contributed by atoms with E-state index in [-0.39, 0.29) is 53.4 Å². The van der Waals surface area contributed by atoms with Gasteiger partial charge in [-0.1, -0.05) is 28.5 Å². The maximum Gasteiger partial charge on any atom is 0.290 e. The van der Waals surface area contributed by atoms with E-state index in [2.05, 4.69) is 31.1 Å². The largest absolute Gasteiger partial charge is 0.422 e. The summed E-state index contributed by atoms with van der Waals surface area (Å²) in [6.07, 6.45) is 1.20. The van der Waals surface area contributed by atoms with Crippen molar-refractivity contribution in [3.63, 3.8) is 0 Å². The molecule has 0 radical (unpaired) electrons. The molecule has 220 valence electrons. The lowest BCUT2D eigenvalue weighted by Crippen LogP contribution is -2.44. The maximum absolute atomic E-state index is 13.2. The third-order valence-corrected chi connectivity index (χ3v) is 7.29. The number of amides is 2. The van der Waals surface area contributed by atoms with Crippen LogP contribution >= 0.6 is 0 Å². The van der Waals surface area contributed by atoms with Gasteiger partial charge >= 0.3 is 0 Å². The van der Waals surface area contributed by atoms with E-state index >= 15 is 0 Å². The molecule has 3 N–H and O–H groups in total. The number of aliphatic hydroxyl groups is 1. The van der Waals surface area contributed by atoms with Crippen molar-refractivity contribution in [1.82, 2.24) is 31.1 Å². The molecular formula is C30H27FN6O6. The topological polar surface area (TPSA) is 169 Å². The average Bonchev–Trinajstić information content (AvgIpc) is 3.77. The molecule has 6 rings (SSSR count). The number of rotatable bonds is 10. The van der Waals surface area contributed by atoms with Gasteiger partial charge in [-0.05, 0) is 54.7 Å². The fourth-order valence-corrected chi connectivity index (χ4v) is 4.96. The van der Waals surface area contributed by atoms with E-state index in [0.29, 0.717) is 29.3 Å². The Morgan fingerprint density at radius 1 is 0.953 bits per heavy atom. The Morgan fingerprint density at radius 3 is 2.37 bits per heavy atom. The molecule has 43 heavy (non-hydrogen) atoms. The Hall–Kier alpha value is -5.17. The number of hydrogen-bond donors (Lipinski definition) is 3. The molecule has 1 atom stereocenters. The molecule has 3 aromatic heterocycles. The van der Waals surface area contributed by atoms with Crippen LogP contribution in [0.5, 0.6) is 0 Å². The van der Waals surface area contributed by atoms with Gasteiger partial charge in [0, 0.05) is 49.2 Å². The Kier molecular flexibility index (Phi) is 7.79. The van der Waals surface area contributed by atoms with Crippen molar-refractivity contribution >= 4 is 11.8 Å². The van der Waals surface area contributed by atoms with Crippen LogP contribution in [0, 0.1) is 11.7 Å². The van der Waals surface area contributed by atoms with Gasteiger partial charge in [-0.15, -0.1) is 10.2 Å². The summed E-state index contributed by atoms with van der Waals surface area (Å²) >= 11 is 0. The summed E-state index contributed by atoms with van der Waals surface area (Å²) in [7, 11) is 1.51.